The van der Waals surface area contributed by atoms with Crippen LogP contribution in [0.3, 0.4) is 0 Å². The lowest BCUT2D eigenvalue weighted by atomic mass is 10.0. The Morgan fingerprint density at radius 3 is 2.62 bits per heavy atom. The lowest BCUT2D eigenvalue weighted by Crippen LogP contribution is -2.38. The summed E-state index contributed by atoms with van der Waals surface area (Å²) in [6.45, 7) is 3.66. The van der Waals surface area contributed by atoms with Crippen LogP contribution >= 0.6 is 23.2 Å². The van der Waals surface area contributed by atoms with E-state index in [0.29, 0.717) is 22.4 Å². The van der Waals surface area contributed by atoms with Crippen LogP contribution in [0.2, 0.25) is 5.02 Å². The molecule has 3 N–H and O–H groups in total. The van der Waals surface area contributed by atoms with Gasteiger partial charge in [-0.2, -0.15) is 5.10 Å². The van der Waals surface area contributed by atoms with Gasteiger partial charge >= 0.3 is 0 Å². The van der Waals surface area contributed by atoms with Gasteiger partial charge in [0.2, 0.25) is 0 Å². The fourth-order valence-corrected chi connectivity index (χ4v) is 3.64. The summed E-state index contributed by atoms with van der Waals surface area (Å²) < 4.78 is 28.9. The van der Waals surface area contributed by atoms with Gasteiger partial charge < -0.3 is 5.32 Å². The van der Waals surface area contributed by atoms with Crippen molar-refractivity contribution in [2.24, 2.45) is 0 Å². The number of alkyl halides is 1. The molecule has 152 valence electrons. The van der Waals surface area contributed by atoms with E-state index in [1.54, 1.807) is 10.7 Å². The Hall–Kier alpha value is -2.33. The number of nitrogens with one attached hydrogen (secondary N) is 3. The first kappa shape index (κ1) is 20.0. The zero-order valence-corrected chi connectivity index (χ0v) is 16.9. The molecule has 11 heteroatoms. The van der Waals surface area contributed by atoms with Gasteiger partial charge in [0.15, 0.2) is 5.82 Å². The highest BCUT2D eigenvalue weighted by atomic mass is 35.5. The van der Waals surface area contributed by atoms with Crippen molar-refractivity contribution in [1.82, 2.24) is 30.6 Å². The van der Waals surface area contributed by atoms with E-state index in [0.717, 1.165) is 11.8 Å². The molecule has 0 aliphatic carbocycles. The monoisotopic (exact) mass is 439 g/mol. The van der Waals surface area contributed by atoms with E-state index in [1.807, 2.05) is 13.8 Å². The van der Waals surface area contributed by atoms with E-state index >= 15 is 0 Å². The summed E-state index contributed by atoms with van der Waals surface area (Å²) in [4.78, 5) is 8.44. The second kappa shape index (κ2) is 7.83. The van der Waals surface area contributed by atoms with Crippen LogP contribution in [0.4, 0.5) is 14.6 Å². The molecule has 0 bridgehead atoms. The number of anilines is 1. The largest absolute Gasteiger partial charge is 0.352 e. The molecule has 3 unspecified atom stereocenters. The summed E-state index contributed by atoms with van der Waals surface area (Å²) in [6.07, 6.45) is 0.919. The Morgan fingerprint density at radius 1 is 1.14 bits per heavy atom. The first-order valence-electron chi connectivity index (χ1n) is 8.76. The lowest BCUT2D eigenvalue weighted by molar-refractivity contribution is 0.521. The van der Waals surface area contributed by atoms with Gasteiger partial charge in [0.25, 0.3) is 0 Å². The van der Waals surface area contributed by atoms with E-state index < -0.39 is 29.2 Å². The van der Waals surface area contributed by atoms with Gasteiger partial charge in [-0.15, -0.1) is 11.6 Å². The van der Waals surface area contributed by atoms with E-state index in [1.165, 1.54) is 18.5 Å². The van der Waals surface area contributed by atoms with Crippen LogP contribution in [0, 0.1) is 25.5 Å². The summed E-state index contributed by atoms with van der Waals surface area (Å²) in [5, 5.41) is 7.51. The molecule has 1 aliphatic rings. The average molecular weight is 440 g/mol. The second-order valence-electron chi connectivity index (χ2n) is 6.66. The molecule has 3 atom stereocenters. The third kappa shape index (κ3) is 3.78. The molecule has 1 aromatic carbocycles. The summed E-state index contributed by atoms with van der Waals surface area (Å²) in [7, 11) is 0. The fourth-order valence-electron chi connectivity index (χ4n) is 3.20. The smallest absolute Gasteiger partial charge is 0.159 e. The van der Waals surface area contributed by atoms with Gasteiger partial charge in [-0.1, -0.05) is 17.7 Å². The van der Waals surface area contributed by atoms with Crippen molar-refractivity contribution in [3.63, 3.8) is 0 Å². The van der Waals surface area contributed by atoms with Crippen molar-refractivity contribution in [3.05, 3.63) is 64.2 Å². The Bertz CT molecular complexity index is 1060. The average Bonchev–Trinajstić information content (AvgIpc) is 3.17. The standard InChI is InChI=1S/C18H17Cl2F2N7/c1-8-15(19)9(2)29(28-8)14-6-13(23-7-24-14)25-18-16(20)17(26-27-18)11-4-3-10(21)5-12(11)22/h3-7,16-18,26-27H,1-2H3,(H,23,24,25). The molecule has 3 heterocycles. The molecule has 0 radical (unpaired) electrons. The quantitative estimate of drug-likeness (QED) is 0.540. The van der Waals surface area contributed by atoms with Gasteiger partial charge in [0.05, 0.1) is 27.8 Å². The molecule has 0 saturated carbocycles. The Morgan fingerprint density at radius 2 is 1.93 bits per heavy atom. The minimum absolute atomic E-state index is 0.267. The number of rotatable bonds is 4. The molecule has 29 heavy (non-hydrogen) atoms. The fraction of sp³-hybridized carbons (Fsp3) is 0.278. The predicted molar refractivity (Wildman–Crippen MR) is 106 cm³/mol. The van der Waals surface area contributed by atoms with Crippen LogP contribution in [0.25, 0.3) is 5.82 Å². The molecule has 1 fully saturated rings. The van der Waals surface area contributed by atoms with E-state index in [-0.39, 0.29) is 5.56 Å². The molecule has 4 rings (SSSR count). The van der Waals surface area contributed by atoms with Crippen molar-refractivity contribution < 1.29 is 8.78 Å². The van der Waals surface area contributed by atoms with Crippen LogP contribution in [0.1, 0.15) is 23.0 Å². The highest BCUT2D eigenvalue weighted by molar-refractivity contribution is 6.31. The molecular weight excluding hydrogens is 423 g/mol. The van der Waals surface area contributed by atoms with Crippen molar-refractivity contribution >= 4 is 29.0 Å². The third-order valence-electron chi connectivity index (χ3n) is 4.70. The summed E-state index contributed by atoms with van der Waals surface area (Å²) in [5.74, 6) is -0.283. The topological polar surface area (TPSA) is 79.7 Å². The molecule has 7 nitrogen and oxygen atoms in total. The van der Waals surface area contributed by atoms with E-state index in [9.17, 15) is 8.78 Å². The second-order valence-corrected chi connectivity index (χ2v) is 7.54. The van der Waals surface area contributed by atoms with Crippen molar-refractivity contribution in [1.29, 1.82) is 0 Å². The number of aromatic nitrogens is 4. The highest BCUT2D eigenvalue weighted by Crippen LogP contribution is 2.30. The number of halogens is 4. The molecule has 1 saturated heterocycles. The zero-order valence-electron chi connectivity index (χ0n) is 15.4. The van der Waals surface area contributed by atoms with Crippen LogP contribution in [-0.2, 0) is 0 Å². The number of hydrogen-bond acceptors (Lipinski definition) is 6. The molecule has 2 aromatic heterocycles. The summed E-state index contributed by atoms with van der Waals surface area (Å²) in [5.41, 5.74) is 7.63. The van der Waals surface area contributed by atoms with Crippen LogP contribution in [-0.4, -0.2) is 31.3 Å². The summed E-state index contributed by atoms with van der Waals surface area (Å²) in [6, 6.07) is 4.54. The maximum atomic E-state index is 14.1. The molecule has 1 aliphatic heterocycles. The number of hydrazine groups is 1. The van der Waals surface area contributed by atoms with Crippen LogP contribution in [0.5, 0.6) is 0 Å². The van der Waals surface area contributed by atoms with Crippen molar-refractivity contribution in [2.45, 2.75) is 31.4 Å². The minimum Gasteiger partial charge on any atom is -0.352 e. The van der Waals surface area contributed by atoms with Gasteiger partial charge in [0, 0.05) is 17.7 Å². The molecular formula is C18H17Cl2F2N7. The Labute approximate surface area is 175 Å². The van der Waals surface area contributed by atoms with E-state index in [2.05, 4.69) is 31.2 Å². The number of benzene rings is 1. The van der Waals surface area contributed by atoms with Crippen molar-refractivity contribution in [3.8, 4) is 5.82 Å². The predicted octanol–water partition coefficient (Wildman–Crippen LogP) is 3.41. The summed E-state index contributed by atoms with van der Waals surface area (Å²) >= 11 is 12.7. The van der Waals surface area contributed by atoms with Gasteiger partial charge in [-0.25, -0.2) is 34.3 Å². The maximum Gasteiger partial charge on any atom is 0.159 e. The maximum absolute atomic E-state index is 14.1. The lowest BCUT2D eigenvalue weighted by Gasteiger charge is -2.19. The first-order valence-corrected chi connectivity index (χ1v) is 9.57. The number of aryl methyl sites for hydroxylation is 1. The van der Waals surface area contributed by atoms with Gasteiger partial charge in [0.1, 0.15) is 29.9 Å². The number of nitrogens with zero attached hydrogens (tertiary/aromatic N) is 4. The van der Waals surface area contributed by atoms with Crippen LogP contribution in [0.15, 0.2) is 30.6 Å². The van der Waals surface area contributed by atoms with Crippen molar-refractivity contribution in [2.75, 3.05) is 5.32 Å². The SMILES string of the molecule is Cc1nn(-c2cc(NC3NNC(c4ccc(F)cc4F)C3Cl)ncn2)c(C)c1Cl. The van der Waals surface area contributed by atoms with Gasteiger partial charge in [-0.3, -0.25) is 0 Å². The number of hydrogen-bond donors (Lipinski definition) is 3. The first-order chi connectivity index (χ1) is 13.8. The minimum atomic E-state index is -0.665. The normalized spacial score (nSPS) is 21.5. The Kier molecular flexibility index (Phi) is 5.39. The van der Waals surface area contributed by atoms with E-state index in [4.69, 9.17) is 23.2 Å². The third-order valence-corrected chi connectivity index (χ3v) is 5.76. The molecule has 0 spiro atoms. The molecule has 3 aromatic rings. The molecule has 0 amide bonds. The highest BCUT2D eigenvalue weighted by Gasteiger charge is 2.37. The zero-order chi connectivity index (χ0) is 20.7. The Balaban J connectivity index is 1.53. The van der Waals surface area contributed by atoms with Crippen LogP contribution < -0.4 is 16.2 Å². The van der Waals surface area contributed by atoms with Gasteiger partial charge in [-0.05, 0) is 19.9 Å².